The number of nitrogens with one attached hydrogen (secondary N) is 3. The van der Waals surface area contributed by atoms with E-state index in [0.29, 0.717) is 38.4 Å². The topological polar surface area (TPSA) is 143 Å². The summed E-state index contributed by atoms with van der Waals surface area (Å²) in [5.74, 6) is -0.622. The van der Waals surface area contributed by atoms with E-state index in [9.17, 15) is 14.4 Å². The Kier molecular flexibility index (Phi) is 8.52. The largest absolute Gasteiger partial charge is 0.381 e. The summed E-state index contributed by atoms with van der Waals surface area (Å²) in [6.45, 7) is 2.60. The molecule has 0 aliphatic carbocycles. The minimum Gasteiger partial charge on any atom is -0.381 e. The minimum atomic E-state index is -0.846. The van der Waals surface area contributed by atoms with Crippen molar-refractivity contribution in [3.8, 4) is 0 Å². The maximum atomic E-state index is 13.8. The summed E-state index contributed by atoms with van der Waals surface area (Å²) in [5, 5.41) is 17.7. The summed E-state index contributed by atoms with van der Waals surface area (Å²) in [5.41, 5.74) is 3.30. The Morgan fingerprint density at radius 2 is 1.81 bits per heavy atom. The molecule has 3 aromatic rings. The van der Waals surface area contributed by atoms with Crippen LogP contribution in [0.25, 0.3) is 0 Å². The van der Waals surface area contributed by atoms with Gasteiger partial charge in [0.15, 0.2) is 0 Å². The molecule has 0 spiro atoms. The zero-order chi connectivity index (χ0) is 28.9. The zero-order valence-corrected chi connectivity index (χ0v) is 23.4. The van der Waals surface area contributed by atoms with Gasteiger partial charge in [0.2, 0.25) is 17.7 Å². The number of pyridine rings is 1. The Hall–Kier alpha value is -4.16. The third kappa shape index (κ3) is 6.66. The van der Waals surface area contributed by atoms with Gasteiger partial charge in [-0.3, -0.25) is 24.3 Å². The molecule has 0 radical (unpaired) electrons. The fourth-order valence-corrected chi connectivity index (χ4v) is 6.18. The molecule has 2 saturated heterocycles. The van der Waals surface area contributed by atoms with E-state index < -0.39 is 12.1 Å². The minimum absolute atomic E-state index is 0.0870. The van der Waals surface area contributed by atoms with Gasteiger partial charge in [0, 0.05) is 63.4 Å². The van der Waals surface area contributed by atoms with Crippen LogP contribution in [0.15, 0.2) is 55.0 Å². The van der Waals surface area contributed by atoms with Crippen molar-refractivity contribution < 1.29 is 19.1 Å². The highest BCUT2D eigenvalue weighted by molar-refractivity contribution is 5.90. The van der Waals surface area contributed by atoms with Crippen LogP contribution in [0.5, 0.6) is 0 Å². The molecule has 2 fully saturated rings. The third-order valence-electron chi connectivity index (χ3n) is 8.29. The molecular formula is C30H36N8O4. The molecule has 12 heteroatoms. The lowest BCUT2D eigenvalue weighted by Crippen LogP contribution is -2.55. The average molecular weight is 573 g/mol. The molecule has 0 unspecified atom stereocenters. The van der Waals surface area contributed by atoms with Crippen LogP contribution in [0.3, 0.4) is 0 Å². The molecule has 3 amide bonds. The van der Waals surface area contributed by atoms with Crippen LogP contribution in [-0.2, 0) is 45.1 Å². The third-order valence-corrected chi connectivity index (χ3v) is 8.29. The van der Waals surface area contributed by atoms with E-state index in [1.54, 1.807) is 23.3 Å². The lowest BCUT2D eigenvalue weighted by atomic mass is 10.0. The van der Waals surface area contributed by atoms with Crippen molar-refractivity contribution >= 4 is 17.7 Å². The lowest BCUT2D eigenvalue weighted by Gasteiger charge is -2.35. The van der Waals surface area contributed by atoms with Crippen molar-refractivity contribution in [2.24, 2.45) is 0 Å². The average Bonchev–Trinajstić information content (AvgIpc) is 3.63. The number of benzene rings is 1. The van der Waals surface area contributed by atoms with Gasteiger partial charge >= 0.3 is 0 Å². The van der Waals surface area contributed by atoms with E-state index >= 15 is 0 Å². The van der Waals surface area contributed by atoms with Crippen molar-refractivity contribution in [2.75, 3.05) is 19.8 Å². The van der Waals surface area contributed by atoms with Crippen LogP contribution in [0, 0.1) is 0 Å². The van der Waals surface area contributed by atoms with Gasteiger partial charge in [-0.25, -0.2) is 4.68 Å². The number of aromatic nitrogens is 4. The van der Waals surface area contributed by atoms with Gasteiger partial charge in [-0.2, -0.15) is 0 Å². The van der Waals surface area contributed by atoms with Crippen LogP contribution in [-0.4, -0.2) is 86.5 Å². The molecule has 1 aromatic carbocycles. The number of likely N-dealkylation sites (tertiary alicyclic amines) is 1. The number of carbonyl (C=O) groups excluding carboxylic acids is 3. The van der Waals surface area contributed by atoms with Crippen LogP contribution < -0.4 is 16.0 Å². The fourth-order valence-electron chi connectivity index (χ4n) is 6.18. The molecule has 2 bridgehead atoms. The van der Waals surface area contributed by atoms with E-state index in [-0.39, 0.29) is 49.2 Å². The Labute approximate surface area is 244 Å². The number of hydrogen-bond acceptors (Lipinski definition) is 8. The highest BCUT2D eigenvalue weighted by Gasteiger charge is 2.42. The monoisotopic (exact) mass is 572 g/mol. The molecule has 42 heavy (non-hydrogen) atoms. The SMILES string of the molecule is O=C1Cc2ccccc2CNC(=O)[C@@H](Cc2cn(Cc3cccnc3)nn2)NC(=O)[C@@H]2C[C@H](CN2C2CCOCC2)N1. The lowest BCUT2D eigenvalue weighted by molar-refractivity contribution is -0.132. The predicted octanol–water partition coefficient (Wildman–Crippen LogP) is 0.359. The summed E-state index contributed by atoms with van der Waals surface area (Å²) >= 11 is 0. The Morgan fingerprint density at radius 1 is 0.976 bits per heavy atom. The first-order valence-corrected chi connectivity index (χ1v) is 14.6. The van der Waals surface area contributed by atoms with Crippen molar-refractivity contribution in [2.45, 2.75) is 69.4 Å². The Morgan fingerprint density at radius 3 is 2.62 bits per heavy atom. The van der Waals surface area contributed by atoms with E-state index in [1.807, 2.05) is 36.4 Å². The standard InChI is InChI=1S/C30H36N8O4/c39-28-12-21-5-1-2-6-22(21)16-32-29(40)26(13-24-18-37(36-35-24)17-20-4-3-9-31-15-20)34-30(41)27-14-23(33-28)19-38(27)25-7-10-42-11-8-25/h1-6,9,15,18,23,25-27H,7-8,10-14,16-17,19H2,(H,32,40)(H,33,39)(H,34,41)/t23-,26-,27+/m1/s1. The number of amides is 3. The second kappa shape index (κ2) is 12.8. The highest BCUT2D eigenvalue weighted by Crippen LogP contribution is 2.26. The first-order valence-electron chi connectivity index (χ1n) is 14.6. The van der Waals surface area contributed by atoms with Gasteiger partial charge in [-0.05, 0) is 42.0 Å². The summed E-state index contributed by atoms with van der Waals surface area (Å²) in [4.78, 5) is 46.8. The maximum absolute atomic E-state index is 13.8. The molecule has 3 atom stereocenters. The van der Waals surface area contributed by atoms with Crippen molar-refractivity contribution in [3.63, 3.8) is 0 Å². The molecular weight excluding hydrogens is 536 g/mol. The molecule has 6 rings (SSSR count). The van der Waals surface area contributed by atoms with Gasteiger partial charge in [-0.1, -0.05) is 35.5 Å². The Bertz CT molecular complexity index is 1410. The number of hydrogen-bond donors (Lipinski definition) is 3. The van der Waals surface area contributed by atoms with Crippen LogP contribution in [0.1, 0.15) is 41.6 Å². The summed E-state index contributed by atoms with van der Waals surface area (Å²) in [7, 11) is 0. The zero-order valence-electron chi connectivity index (χ0n) is 23.4. The van der Waals surface area contributed by atoms with E-state index in [0.717, 1.165) is 29.5 Å². The molecule has 0 saturated carbocycles. The summed E-state index contributed by atoms with van der Waals surface area (Å²) in [6.07, 6.45) is 7.80. The van der Waals surface area contributed by atoms with Crippen LogP contribution in [0.4, 0.5) is 0 Å². The number of rotatable bonds is 5. The first-order chi connectivity index (χ1) is 20.5. The highest BCUT2D eigenvalue weighted by atomic mass is 16.5. The molecule has 220 valence electrons. The molecule has 5 heterocycles. The van der Waals surface area contributed by atoms with E-state index in [1.165, 1.54) is 0 Å². The van der Waals surface area contributed by atoms with Crippen LogP contribution >= 0.6 is 0 Å². The summed E-state index contributed by atoms with van der Waals surface area (Å²) in [6, 6.07) is 10.1. The van der Waals surface area contributed by atoms with Crippen molar-refractivity contribution in [1.29, 1.82) is 0 Å². The fraction of sp³-hybridized carbons (Fsp3) is 0.467. The summed E-state index contributed by atoms with van der Waals surface area (Å²) < 4.78 is 7.26. The normalized spacial score (nSPS) is 24.3. The molecule has 3 aliphatic heterocycles. The number of nitrogens with zero attached hydrogens (tertiary/aromatic N) is 5. The van der Waals surface area contributed by atoms with Crippen molar-refractivity contribution in [3.05, 3.63) is 77.4 Å². The molecule has 3 N–H and O–H groups in total. The second-order valence-electron chi connectivity index (χ2n) is 11.3. The molecule has 3 aliphatic rings. The quantitative estimate of drug-likeness (QED) is 0.398. The van der Waals surface area contributed by atoms with Gasteiger partial charge in [0.05, 0.1) is 24.7 Å². The number of fused-ring (bicyclic) bond motifs is 3. The number of ether oxygens (including phenoxy) is 1. The second-order valence-corrected chi connectivity index (χ2v) is 11.3. The van der Waals surface area contributed by atoms with Gasteiger partial charge in [0.1, 0.15) is 6.04 Å². The van der Waals surface area contributed by atoms with Gasteiger partial charge < -0.3 is 20.7 Å². The van der Waals surface area contributed by atoms with Gasteiger partial charge in [-0.15, -0.1) is 5.10 Å². The molecule has 12 nitrogen and oxygen atoms in total. The van der Waals surface area contributed by atoms with Crippen molar-refractivity contribution in [1.82, 2.24) is 40.8 Å². The Balaban J connectivity index is 1.25. The van der Waals surface area contributed by atoms with Gasteiger partial charge in [0.25, 0.3) is 0 Å². The smallest absolute Gasteiger partial charge is 0.243 e. The first kappa shape index (κ1) is 28.0. The van der Waals surface area contributed by atoms with E-state index in [4.69, 9.17) is 4.74 Å². The van der Waals surface area contributed by atoms with E-state index in [2.05, 4.69) is 36.1 Å². The predicted molar refractivity (Wildman–Crippen MR) is 152 cm³/mol. The van der Waals surface area contributed by atoms with Crippen LogP contribution in [0.2, 0.25) is 0 Å². The molecule has 2 aromatic heterocycles. The maximum Gasteiger partial charge on any atom is 0.243 e. The number of carbonyl (C=O) groups is 3.